The van der Waals surface area contributed by atoms with E-state index in [1.54, 1.807) is 0 Å². The van der Waals surface area contributed by atoms with Gasteiger partial charge in [-0.25, -0.2) is 18.2 Å². The third-order valence-electron chi connectivity index (χ3n) is 3.14. The summed E-state index contributed by atoms with van der Waals surface area (Å²) < 4.78 is 44.2. The molecule has 1 atom stereocenters. The van der Waals surface area contributed by atoms with E-state index < -0.39 is 46.7 Å². The zero-order chi connectivity index (χ0) is 16.4. The Morgan fingerprint density at radius 3 is 2.59 bits per heavy atom. The Labute approximate surface area is 122 Å². The van der Waals surface area contributed by atoms with Crippen LogP contribution in [0, 0.1) is 23.4 Å². The van der Waals surface area contributed by atoms with Crippen LogP contribution in [0.5, 0.6) is 0 Å². The minimum absolute atomic E-state index is 0.198. The number of amides is 2. The quantitative estimate of drug-likeness (QED) is 0.646. The van der Waals surface area contributed by atoms with E-state index in [4.69, 9.17) is 0 Å². The average Bonchev–Trinajstić information content (AvgIpc) is 2.50. The van der Waals surface area contributed by atoms with Gasteiger partial charge in [0.2, 0.25) is 5.91 Å². The molecule has 0 saturated carbocycles. The van der Waals surface area contributed by atoms with Gasteiger partial charge in [0, 0.05) is 6.42 Å². The molecule has 1 aliphatic rings. The number of ether oxygens (including phenoxy) is 1. The maximum absolute atomic E-state index is 13.6. The number of rotatable bonds is 2. The fourth-order valence-corrected chi connectivity index (χ4v) is 2.05. The van der Waals surface area contributed by atoms with Crippen LogP contribution in [0.1, 0.15) is 16.8 Å². The summed E-state index contributed by atoms with van der Waals surface area (Å²) in [5, 5.41) is 0.670. The van der Waals surface area contributed by atoms with E-state index in [-0.39, 0.29) is 13.0 Å². The van der Waals surface area contributed by atoms with Crippen molar-refractivity contribution in [2.24, 2.45) is 5.92 Å². The summed E-state index contributed by atoms with van der Waals surface area (Å²) in [5.74, 6) is -8.28. The second-order valence-electron chi connectivity index (χ2n) is 4.60. The van der Waals surface area contributed by atoms with Gasteiger partial charge in [-0.3, -0.25) is 19.8 Å². The molecular formula is C13H11F3N2O4. The van der Waals surface area contributed by atoms with Crippen molar-refractivity contribution < 1.29 is 32.3 Å². The van der Waals surface area contributed by atoms with Crippen LogP contribution in [-0.2, 0) is 14.3 Å². The normalized spacial score (nSPS) is 17.9. The number of halogens is 3. The lowest BCUT2D eigenvalue weighted by Crippen LogP contribution is -2.55. The number of methoxy groups -OCH3 is 1. The molecule has 0 aliphatic carbocycles. The summed E-state index contributed by atoms with van der Waals surface area (Å²) in [4.78, 5) is 35.1. The fraction of sp³-hybridized carbons (Fsp3) is 0.308. The summed E-state index contributed by atoms with van der Waals surface area (Å²) in [6.45, 7) is -0.268. The lowest BCUT2D eigenvalue weighted by molar-refractivity contribution is -0.151. The Bertz CT molecular complexity index is 650. The smallest absolute Gasteiger partial charge is 0.311 e. The fourth-order valence-electron chi connectivity index (χ4n) is 2.05. The Balaban J connectivity index is 2.27. The highest BCUT2D eigenvalue weighted by Gasteiger charge is 2.35. The predicted octanol–water partition coefficient (Wildman–Crippen LogP) is 0.770. The zero-order valence-corrected chi connectivity index (χ0v) is 11.4. The molecule has 9 heteroatoms. The van der Waals surface area contributed by atoms with Crippen molar-refractivity contribution in [3.05, 3.63) is 35.1 Å². The van der Waals surface area contributed by atoms with E-state index in [1.807, 2.05) is 0 Å². The molecule has 0 spiro atoms. The predicted molar refractivity (Wildman–Crippen MR) is 65.6 cm³/mol. The van der Waals surface area contributed by atoms with E-state index in [9.17, 15) is 27.6 Å². The zero-order valence-electron chi connectivity index (χ0n) is 11.4. The highest BCUT2D eigenvalue weighted by atomic mass is 19.2. The number of nitrogens with one attached hydrogen (secondary N) is 1. The maximum Gasteiger partial charge on any atom is 0.311 e. The molecule has 2 amide bonds. The lowest BCUT2D eigenvalue weighted by Gasteiger charge is -2.31. The van der Waals surface area contributed by atoms with E-state index in [1.165, 1.54) is 0 Å². The third kappa shape index (κ3) is 2.87. The topological polar surface area (TPSA) is 75.7 Å². The van der Waals surface area contributed by atoms with E-state index in [2.05, 4.69) is 10.2 Å². The molecule has 1 saturated heterocycles. The van der Waals surface area contributed by atoms with Gasteiger partial charge in [0.05, 0.1) is 25.1 Å². The van der Waals surface area contributed by atoms with E-state index in [0.29, 0.717) is 11.1 Å². The highest BCUT2D eigenvalue weighted by Crippen LogP contribution is 2.19. The summed E-state index contributed by atoms with van der Waals surface area (Å²) in [7, 11) is 1.12. The van der Waals surface area contributed by atoms with Crippen molar-refractivity contribution in [1.82, 2.24) is 10.4 Å². The molecule has 1 aromatic carbocycles. The number of hydrogen-bond acceptors (Lipinski definition) is 4. The molecule has 1 aromatic rings. The summed E-state index contributed by atoms with van der Waals surface area (Å²) >= 11 is 0. The molecule has 0 radical (unpaired) electrons. The first-order valence-electron chi connectivity index (χ1n) is 6.17. The van der Waals surface area contributed by atoms with Crippen molar-refractivity contribution in [2.75, 3.05) is 13.7 Å². The number of nitrogens with zero attached hydrogens (tertiary/aromatic N) is 1. The van der Waals surface area contributed by atoms with Crippen molar-refractivity contribution in [2.45, 2.75) is 6.42 Å². The molecule has 0 bridgehead atoms. The van der Waals surface area contributed by atoms with Crippen LogP contribution in [0.2, 0.25) is 0 Å². The van der Waals surface area contributed by atoms with Crippen molar-refractivity contribution in [3.63, 3.8) is 0 Å². The van der Waals surface area contributed by atoms with Crippen LogP contribution in [-0.4, -0.2) is 36.4 Å². The second-order valence-corrected chi connectivity index (χ2v) is 4.60. The monoisotopic (exact) mass is 316 g/mol. The molecule has 1 fully saturated rings. The van der Waals surface area contributed by atoms with Gasteiger partial charge < -0.3 is 4.74 Å². The van der Waals surface area contributed by atoms with Gasteiger partial charge in [0.25, 0.3) is 5.91 Å². The van der Waals surface area contributed by atoms with Crippen LogP contribution in [0.25, 0.3) is 0 Å². The first kappa shape index (κ1) is 15.8. The molecule has 2 rings (SSSR count). The molecule has 1 aliphatic heterocycles. The minimum Gasteiger partial charge on any atom is -0.469 e. The first-order valence-corrected chi connectivity index (χ1v) is 6.17. The average molecular weight is 316 g/mol. The SMILES string of the molecule is COC(=O)C1CC(=O)NN(C(=O)c2ccc(F)c(F)c2F)C1. The van der Waals surface area contributed by atoms with Crippen molar-refractivity contribution >= 4 is 17.8 Å². The molecule has 22 heavy (non-hydrogen) atoms. The number of benzene rings is 1. The molecule has 1 N–H and O–H groups in total. The summed E-state index contributed by atoms with van der Waals surface area (Å²) in [6.07, 6.45) is -0.198. The number of esters is 1. The molecule has 118 valence electrons. The minimum atomic E-state index is -1.79. The molecule has 1 heterocycles. The number of hydrogen-bond donors (Lipinski definition) is 1. The van der Waals surface area contributed by atoms with Gasteiger partial charge in [0.1, 0.15) is 0 Å². The standard InChI is InChI=1S/C13H11F3N2O4/c1-22-13(21)6-4-9(19)17-18(5-6)12(20)7-2-3-8(14)11(16)10(7)15/h2-3,6H,4-5H2,1H3,(H,17,19). The maximum atomic E-state index is 13.6. The van der Waals surface area contributed by atoms with Gasteiger partial charge in [-0.1, -0.05) is 0 Å². The molecule has 6 nitrogen and oxygen atoms in total. The van der Waals surface area contributed by atoms with Gasteiger partial charge in [-0.2, -0.15) is 0 Å². The number of carbonyl (C=O) groups excluding carboxylic acids is 3. The lowest BCUT2D eigenvalue weighted by atomic mass is 10.0. The van der Waals surface area contributed by atoms with Crippen molar-refractivity contribution in [1.29, 1.82) is 0 Å². The number of carbonyl (C=O) groups is 3. The molecular weight excluding hydrogens is 305 g/mol. The largest absolute Gasteiger partial charge is 0.469 e. The Morgan fingerprint density at radius 1 is 1.27 bits per heavy atom. The highest BCUT2D eigenvalue weighted by molar-refractivity contribution is 5.97. The molecule has 1 unspecified atom stereocenters. The van der Waals surface area contributed by atoms with Crippen LogP contribution >= 0.6 is 0 Å². The van der Waals surface area contributed by atoms with Gasteiger partial charge >= 0.3 is 5.97 Å². The van der Waals surface area contributed by atoms with Gasteiger partial charge in [0.15, 0.2) is 17.5 Å². The van der Waals surface area contributed by atoms with Crippen LogP contribution in [0.15, 0.2) is 12.1 Å². The summed E-state index contributed by atoms with van der Waals surface area (Å²) in [6, 6.07) is 1.35. The van der Waals surface area contributed by atoms with Crippen LogP contribution in [0.4, 0.5) is 13.2 Å². The Hall–Kier alpha value is -2.58. The number of hydrazine groups is 1. The van der Waals surface area contributed by atoms with Crippen molar-refractivity contribution in [3.8, 4) is 0 Å². The van der Waals surface area contributed by atoms with Crippen LogP contribution in [0.3, 0.4) is 0 Å². The first-order chi connectivity index (χ1) is 10.3. The van der Waals surface area contributed by atoms with Gasteiger partial charge in [-0.05, 0) is 12.1 Å². The second kappa shape index (κ2) is 6.04. The van der Waals surface area contributed by atoms with Gasteiger partial charge in [-0.15, -0.1) is 0 Å². The third-order valence-corrected chi connectivity index (χ3v) is 3.14. The van der Waals surface area contributed by atoms with E-state index >= 15 is 0 Å². The summed E-state index contributed by atoms with van der Waals surface area (Å²) in [5.41, 5.74) is 1.38. The Morgan fingerprint density at radius 2 is 1.95 bits per heavy atom. The molecule has 0 aromatic heterocycles. The Kier molecular flexibility index (Phi) is 4.34. The van der Waals surface area contributed by atoms with E-state index in [0.717, 1.165) is 13.2 Å². The van der Waals surface area contributed by atoms with Crippen LogP contribution < -0.4 is 5.43 Å².